The molecule has 6 heteroatoms. The number of fused-ring (bicyclic) bond motifs is 1. The zero-order valence-corrected chi connectivity index (χ0v) is 16.9. The van der Waals surface area contributed by atoms with Crippen LogP contribution >= 0.6 is 0 Å². The second kappa shape index (κ2) is 8.11. The highest BCUT2D eigenvalue weighted by Crippen LogP contribution is 2.28. The zero-order chi connectivity index (χ0) is 19.7. The van der Waals surface area contributed by atoms with E-state index in [1.807, 2.05) is 9.80 Å². The first-order chi connectivity index (χ1) is 13.5. The third kappa shape index (κ3) is 3.88. The largest absolute Gasteiger partial charge is 0.484 e. The first-order valence-electron chi connectivity index (χ1n) is 10.6. The van der Waals surface area contributed by atoms with Gasteiger partial charge in [-0.3, -0.25) is 9.59 Å². The third-order valence-corrected chi connectivity index (χ3v) is 6.62. The van der Waals surface area contributed by atoms with E-state index in [2.05, 4.69) is 19.2 Å². The number of carbonyl (C=O) groups is 2. The fraction of sp³-hybridized carbons (Fsp3) is 0.636. The van der Waals surface area contributed by atoms with Crippen molar-refractivity contribution in [3.05, 3.63) is 29.8 Å². The summed E-state index contributed by atoms with van der Waals surface area (Å²) < 4.78 is 5.71. The quantitative estimate of drug-likeness (QED) is 0.863. The van der Waals surface area contributed by atoms with E-state index >= 15 is 0 Å². The Morgan fingerprint density at radius 3 is 2.25 bits per heavy atom. The maximum Gasteiger partial charge on any atom is 0.260 e. The molecule has 0 saturated carbocycles. The predicted octanol–water partition coefficient (Wildman–Crippen LogP) is 2.15. The first kappa shape index (κ1) is 19.2. The smallest absolute Gasteiger partial charge is 0.260 e. The van der Waals surface area contributed by atoms with Crippen LogP contribution in [0.5, 0.6) is 5.75 Å². The molecule has 0 spiro atoms. The van der Waals surface area contributed by atoms with Crippen molar-refractivity contribution < 1.29 is 14.3 Å². The number of piperidine rings is 1. The fourth-order valence-corrected chi connectivity index (χ4v) is 5.03. The Balaban J connectivity index is 1.31. The van der Waals surface area contributed by atoms with Crippen LogP contribution in [0.4, 0.5) is 0 Å². The van der Waals surface area contributed by atoms with Gasteiger partial charge in [0, 0.05) is 43.8 Å². The van der Waals surface area contributed by atoms with Crippen LogP contribution < -0.4 is 10.1 Å². The number of nitrogens with zero attached hydrogens (tertiary/aromatic N) is 2. The van der Waals surface area contributed by atoms with Gasteiger partial charge in [0.15, 0.2) is 6.61 Å². The minimum Gasteiger partial charge on any atom is -0.484 e. The average molecular weight is 386 g/mol. The van der Waals surface area contributed by atoms with Crippen molar-refractivity contribution in [1.29, 1.82) is 0 Å². The van der Waals surface area contributed by atoms with Crippen LogP contribution in [0.1, 0.15) is 43.5 Å². The first-order valence-corrected chi connectivity index (χ1v) is 10.6. The Morgan fingerprint density at radius 2 is 1.64 bits per heavy atom. The minimum absolute atomic E-state index is 0.0390. The van der Waals surface area contributed by atoms with Crippen LogP contribution in [-0.2, 0) is 4.79 Å². The van der Waals surface area contributed by atoms with E-state index < -0.39 is 0 Å². The number of nitrogens with one attached hydrogen (secondary N) is 1. The number of amides is 2. The molecule has 3 aliphatic rings. The minimum atomic E-state index is 0.0390. The Kier molecular flexibility index (Phi) is 5.58. The van der Waals surface area contributed by atoms with Crippen LogP contribution in [0.15, 0.2) is 24.3 Å². The summed E-state index contributed by atoms with van der Waals surface area (Å²) in [6.45, 7) is 7.98. The van der Waals surface area contributed by atoms with Gasteiger partial charge in [-0.25, -0.2) is 0 Å². The number of hydrogen-bond donors (Lipinski definition) is 1. The molecule has 152 valence electrons. The molecule has 0 radical (unpaired) electrons. The van der Waals surface area contributed by atoms with E-state index in [-0.39, 0.29) is 30.5 Å². The number of hydrogen-bond acceptors (Lipinski definition) is 4. The van der Waals surface area contributed by atoms with Crippen molar-refractivity contribution in [1.82, 2.24) is 15.1 Å². The number of likely N-dealkylation sites (tertiary alicyclic amines) is 2. The van der Waals surface area contributed by atoms with Gasteiger partial charge < -0.3 is 19.9 Å². The van der Waals surface area contributed by atoms with E-state index in [9.17, 15) is 9.59 Å². The van der Waals surface area contributed by atoms with Gasteiger partial charge in [0.1, 0.15) is 5.75 Å². The highest BCUT2D eigenvalue weighted by molar-refractivity contribution is 5.94. The van der Waals surface area contributed by atoms with E-state index in [4.69, 9.17) is 4.74 Å². The molecule has 4 atom stereocenters. The monoisotopic (exact) mass is 385 g/mol. The van der Waals surface area contributed by atoms with Crippen molar-refractivity contribution in [3.63, 3.8) is 0 Å². The van der Waals surface area contributed by atoms with Gasteiger partial charge in [-0.05, 0) is 69.2 Å². The summed E-state index contributed by atoms with van der Waals surface area (Å²) in [5, 5.41) is 3.40. The molecular weight excluding hydrogens is 354 g/mol. The van der Waals surface area contributed by atoms with Gasteiger partial charge >= 0.3 is 0 Å². The van der Waals surface area contributed by atoms with Crippen LogP contribution in [0, 0.1) is 11.8 Å². The van der Waals surface area contributed by atoms with E-state index in [0.29, 0.717) is 23.1 Å². The predicted molar refractivity (Wildman–Crippen MR) is 107 cm³/mol. The van der Waals surface area contributed by atoms with Crippen LogP contribution in [0.25, 0.3) is 0 Å². The summed E-state index contributed by atoms with van der Waals surface area (Å²) in [6.07, 6.45) is 3.29. The summed E-state index contributed by atoms with van der Waals surface area (Å²) in [7, 11) is 0. The van der Waals surface area contributed by atoms with Crippen LogP contribution in [0.3, 0.4) is 0 Å². The van der Waals surface area contributed by atoms with Gasteiger partial charge in [0.05, 0.1) is 0 Å². The Morgan fingerprint density at radius 1 is 1.04 bits per heavy atom. The summed E-state index contributed by atoms with van der Waals surface area (Å²) in [5.41, 5.74) is 0.685. The molecule has 2 unspecified atom stereocenters. The third-order valence-electron chi connectivity index (χ3n) is 6.62. The lowest BCUT2D eigenvalue weighted by atomic mass is 9.97. The molecule has 3 fully saturated rings. The van der Waals surface area contributed by atoms with Crippen LogP contribution in [-0.4, -0.2) is 66.5 Å². The van der Waals surface area contributed by atoms with E-state index in [1.165, 1.54) is 6.42 Å². The molecule has 0 aromatic heterocycles. The summed E-state index contributed by atoms with van der Waals surface area (Å²) in [4.78, 5) is 29.2. The number of ether oxygens (including phenoxy) is 1. The standard InChI is InChI=1S/C22H31N3O3/c1-15-4-3-5-16(2)25(15)21(26)14-28-20-8-6-17(7-9-20)22(27)24-12-18-10-23-11-19(18)13-24/h6-9,15-16,18-19,23H,3-5,10-14H2,1-2H3/t15?,16?,18-,19+. The average Bonchev–Trinajstić information content (AvgIpc) is 3.28. The molecule has 3 aliphatic heterocycles. The Bertz CT molecular complexity index is 698. The zero-order valence-electron chi connectivity index (χ0n) is 16.9. The molecular formula is C22H31N3O3. The molecule has 1 N–H and O–H groups in total. The highest BCUT2D eigenvalue weighted by atomic mass is 16.5. The molecule has 0 aliphatic carbocycles. The second-order valence-corrected chi connectivity index (χ2v) is 8.63. The van der Waals surface area contributed by atoms with Crippen molar-refractivity contribution in [3.8, 4) is 5.75 Å². The van der Waals surface area contributed by atoms with Gasteiger partial charge in [-0.15, -0.1) is 0 Å². The van der Waals surface area contributed by atoms with Crippen molar-refractivity contribution >= 4 is 11.8 Å². The normalized spacial score (nSPS) is 29.6. The molecule has 2 amide bonds. The number of benzene rings is 1. The van der Waals surface area contributed by atoms with Crippen LogP contribution in [0.2, 0.25) is 0 Å². The lowest BCUT2D eigenvalue weighted by Crippen LogP contribution is -2.49. The molecule has 3 heterocycles. The Labute approximate surface area is 167 Å². The molecule has 0 bridgehead atoms. The van der Waals surface area contributed by atoms with Crippen molar-refractivity contribution in [2.24, 2.45) is 11.8 Å². The fourth-order valence-electron chi connectivity index (χ4n) is 5.03. The molecule has 1 aromatic rings. The Hall–Kier alpha value is -2.08. The second-order valence-electron chi connectivity index (χ2n) is 8.63. The number of rotatable bonds is 4. The van der Waals surface area contributed by atoms with Crippen molar-refractivity contribution in [2.75, 3.05) is 32.8 Å². The molecule has 6 nitrogen and oxygen atoms in total. The van der Waals surface area contributed by atoms with Gasteiger partial charge in [-0.2, -0.15) is 0 Å². The highest BCUT2D eigenvalue weighted by Gasteiger charge is 2.38. The van der Waals surface area contributed by atoms with E-state index in [1.54, 1.807) is 24.3 Å². The summed E-state index contributed by atoms with van der Waals surface area (Å²) in [5.74, 6) is 1.95. The molecule has 28 heavy (non-hydrogen) atoms. The molecule has 3 saturated heterocycles. The van der Waals surface area contributed by atoms with Crippen molar-refractivity contribution in [2.45, 2.75) is 45.2 Å². The summed E-state index contributed by atoms with van der Waals surface area (Å²) in [6, 6.07) is 7.75. The lowest BCUT2D eigenvalue weighted by Gasteiger charge is -2.38. The van der Waals surface area contributed by atoms with Gasteiger partial charge in [0.25, 0.3) is 11.8 Å². The maximum absolute atomic E-state index is 12.7. The molecule has 4 rings (SSSR count). The van der Waals surface area contributed by atoms with Gasteiger partial charge in [-0.1, -0.05) is 0 Å². The number of carbonyl (C=O) groups excluding carboxylic acids is 2. The topological polar surface area (TPSA) is 61.9 Å². The van der Waals surface area contributed by atoms with Gasteiger partial charge in [0.2, 0.25) is 0 Å². The summed E-state index contributed by atoms with van der Waals surface area (Å²) >= 11 is 0. The van der Waals surface area contributed by atoms with E-state index in [0.717, 1.165) is 39.0 Å². The SMILES string of the molecule is CC1CCCC(C)N1C(=O)COc1ccc(C(=O)N2C[C@H]3CNC[C@H]3C2)cc1. The molecule has 1 aromatic carbocycles. The maximum atomic E-state index is 12.7. The lowest BCUT2D eigenvalue weighted by molar-refractivity contribution is -0.139.